The molecule has 0 radical (unpaired) electrons. The Hall–Kier alpha value is -1.89. The molecule has 3 rings (SSSR count). The summed E-state index contributed by atoms with van der Waals surface area (Å²) in [5.74, 6) is -0.385. The van der Waals surface area contributed by atoms with E-state index < -0.39 is 5.54 Å². The number of halogens is 1. The van der Waals surface area contributed by atoms with Crippen molar-refractivity contribution >= 4 is 18.5 Å². The number of carbonyl (C=O) groups is 1. The van der Waals surface area contributed by atoms with Crippen LogP contribution in [0.25, 0.3) is 11.1 Å². The third-order valence-corrected chi connectivity index (χ3v) is 4.75. The highest BCUT2D eigenvalue weighted by atomic mass is 32.1. The van der Waals surface area contributed by atoms with Crippen LogP contribution in [0.1, 0.15) is 18.9 Å². The average molecular weight is 375 g/mol. The Morgan fingerprint density at radius 1 is 1.19 bits per heavy atom. The maximum atomic E-state index is 14.1. The van der Waals surface area contributed by atoms with Gasteiger partial charge in [0.1, 0.15) is 12.6 Å². The summed E-state index contributed by atoms with van der Waals surface area (Å²) in [6.07, 6.45) is 1.46. The fraction of sp³-hybridized carbons (Fsp3) is 0.350. The van der Waals surface area contributed by atoms with Gasteiger partial charge in [0, 0.05) is 17.4 Å². The minimum Gasteiger partial charge on any atom is -0.353 e. The first-order chi connectivity index (χ1) is 12.5. The quantitative estimate of drug-likeness (QED) is 0.785. The Morgan fingerprint density at radius 3 is 2.50 bits per heavy atom. The number of nitrogens with one attached hydrogen (secondary N) is 1. The van der Waals surface area contributed by atoms with Gasteiger partial charge >= 0.3 is 0 Å². The predicted octanol–water partition coefficient (Wildman–Crippen LogP) is 3.59. The van der Waals surface area contributed by atoms with Gasteiger partial charge in [0.05, 0.1) is 18.8 Å². The molecule has 1 fully saturated rings. The summed E-state index contributed by atoms with van der Waals surface area (Å²) in [5.41, 5.74) is 1.98. The molecule has 1 amide bonds. The molecule has 2 aromatic rings. The zero-order valence-corrected chi connectivity index (χ0v) is 15.5. The highest BCUT2D eigenvalue weighted by Gasteiger charge is 2.34. The minimum absolute atomic E-state index is 0.0995. The summed E-state index contributed by atoms with van der Waals surface area (Å²) in [5, 5.41) is 2.97. The first-order valence-corrected chi connectivity index (χ1v) is 8.94. The highest BCUT2D eigenvalue weighted by molar-refractivity contribution is 7.80. The lowest BCUT2D eigenvalue weighted by Gasteiger charge is -2.37. The van der Waals surface area contributed by atoms with E-state index in [2.05, 4.69) is 17.9 Å². The van der Waals surface area contributed by atoms with Crippen molar-refractivity contribution in [3.63, 3.8) is 0 Å². The molecular formula is C20H22FNO3S. The number of benzene rings is 2. The third kappa shape index (κ3) is 4.63. The van der Waals surface area contributed by atoms with Crippen LogP contribution in [0, 0.1) is 5.82 Å². The van der Waals surface area contributed by atoms with Crippen molar-refractivity contribution in [3.8, 4) is 11.1 Å². The van der Waals surface area contributed by atoms with Crippen LogP contribution in [0.4, 0.5) is 4.39 Å². The van der Waals surface area contributed by atoms with Crippen molar-refractivity contribution < 1.29 is 18.7 Å². The standard InChI is InChI=1S/C20H22FNO3S/c1-14(23)22-20(11-24-13-25-12-20)9-8-15-2-4-16(5-3-15)18-7-6-17(26)10-19(18)21/h2-7,10,26H,8-9,11-13H2,1H3,(H,22,23). The van der Waals surface area contributed by atoms with E-state index in [1.54, 1.807) is 12.1 Å². The third-order valence-electron chi connectivity index (χ3n) is 4.47. The second kappa shape index (κ2) is 8.20. The zero-order chi connectivity index (χ0) is 18.6. The average Bonchev–Trinajstić information content (AvgIpc) is 2.61. The normalized spacial score (nSPS) is 16.3. The number of thiol groups is 1. The molecule has 0 unspecified atom stereocenters. The molecule has 0 spiro atoms. The van der Waals surface area contributed by atoms with Crippen molar-refractivity contribution in [3.05, 3.63) is 53.8 Å². The van der Waals surface area contributed by atoms with Gasteiger partial charge in [-0.3, -0.25) is 4.79 Å². The molecule has 0 bridgehead atoms. The maximum absolute atomic E-state index is 14.1. The second-order valence-electron chi connectivity index (χ2n) is 6.64. The van der Waals surface area contributed by atoms with E-state index in [4.69, 9.17) is 9.47 Å². The van der Waals surface area contributed by atoms with E-state index in [1.807, 2.05) is 24.3 Å². The lowest BCUT2D eigenvalue weighted by molar-refractivity contribution is -0.153. The molecule has 138 valence electrons. The van der Waals surface area contributed by atoms with Crippen LogP contribution >= 0.6 is 12.6 Å². The van der Waals surface area contributed by atoms with Gasteiger partial charge in [-0.25, -0.2) is 4.39 Å². The molecule has 1 N–H and O–H groups in total. The molecule has 0 saturated carbocycles. The van der Waals surface area contributed by atoms with E-state index >= 15 is 0 Å². The van der Waals surface area contributed by atoms with Crippen LogP contribution in [0.15, 0.2) is 47.4 Å². The summed E-state index contributed by atoms with van der Waals surface area (Å²) < 4.78 is 24.9. The summed E-state index contributed by atoms with van der Waals surface area (Å²) in [6, 6.07) is 12.7. The largest absolute Gasteiger partial charge is 0.353 e. The van der Waals surface area contributed by atoms with Gasteiger partial charge in [-0.1, -0.05) is 30.3 Å². The van der Waals surface area contributed by atoms with Crippen molar-refractivity contribution in [2.24, 2.45) is 0 Å². The van der Waals surface area contributed by atoms with E-state index in [0.29, 0.717) is 30.1 Å². The van der Waals surface area contributed by atoms with Crippen molar-refractivity contribution in [1.82, 2.24) is 5.32 Å². The van der Waals surface area contributed by atoms with Crippen LogP contribution in [-0.4, -0.2) is 31.5 Å². The number of aryl methyl sites for hydroxylation is 1. The Morgan fingerprint density at radius 2 is 1.88 bits per heavy atom. The number of rotatable bonds is 5. The predicted molar refractivity (Wildman–Crippen MR) is 101 cm³/mol. The molecule has 0 aromatic heterocycles. The molecule has 0 aliphatic carbocycles. The van der Waals surface area contributed by atoms with Gasteiger partial charge in [0.2, 0.25) is 5.91 Å². The number of carbonyl (C=O) groups excluding carboxylic acids is 1. The lowest BCUT2D eigenvalue weighted by Crippen LogP contribution is -2.57. The van der Waals surface area contributed by atoms with Gasteiger partial charge in [-0.2, -0.15) is 0 Å². The fourth-order valence-corrected chi connectivity index (χ4v) is 3.39. The van der Waals surface area contributed by atoms with Crippen LogP contribution in [0.2, 0.25) is 0 Å². The van der Waals surface area contributed by atoms with Gasteiger partial charge in [-0.15, -0.1) is 12.6 Å². The van der Waals surface area contributed by atoms with Gasteiger partial charge in [0.25, 0.3) is 0 Å². The molecular weight excluding hydrogens is 353 g/mol. The van der Waals surface area contributed by atoms with Gasteiger partial charge in [0.15, 0.2) is 0 Å². The molecule has 1 aliphatic rings. The molecule has 0 atom stereocenters. The van der Waals surface area contributed by atoms with Crippen molar-refractivity contribution in [2.45, 2.75) is 30.2 Å². The molecule has 2 aromatic carbocycles. The zero-order valence-electron chi connectivity index (χ0n) is 14.6. The second-order valence-corrected chi connectivity index (χ2v) is 7.15. The van der Waals surface area contributed by atoms with E-state index in [0.717, 1.165) is 17.5 Å². The molecule has 6 heteroatoms. The molecule has 4 nitrogen and oxygen atoms in total. The summed E-state index contributed by atoms with van der Waals surface area (Å²) in [4.78, 5) is 12.1. The topological polar surface area (TPSA) is 47.6 Å². The first-order valence-electron chi connectivity index (χ1n) is 8.50. The van der Waals surface area contributed by atoms with E-state index in [-0.39, 0.29) is 18.5 Å². The van der Waals surface area contributed by atoms with Gasteiger partial charge in [-0.05, 0) is 36.1 Å². The number of ether oxygens (including phenoxy) is 2. The fourth-order valence-electron chi connectivity index (χ4n) is 3.20. The molecule has 1 heterocycles. The first kappa shape index (κ1) is 18.9. The monoisotopic (exact) mass is 375 g/mol. The Balaban J connectivity index is 1.69. The SMILES string of the molecule is CC(=O)NC1(CCc2ccc(-c3ccc(S)cc3F)cc2)COCOC1. The number of hydrogen-bond donors (Lipinski definition) is 2. The Kier molecular flexibility index (Phi) is 5.96. The smallest absolute Gasteiger partial charge is 0.217 e. The Bertz CT molecular complexity index is 773. The summed E-state index contributed by atoms with van der Waals surface area (Å²) in [7, 11) is 0. The maximum Gasteiger partial charge on any atom is 0.217 e. The minimum atomic E-state index is -0.503. The van der Waals surface area contributed by atoms with E-state index in [1.165, 1.54) is 13.0 Å². The van der Waals surface area contributed by atoms with E-state index in [9.17, 15) is 9.18 Å². The molecule has 1 saturated heterocycles. The number of amides is 1. The highest BCUT2D eigenvalue weighted by Crippen LogP contribution is 2.26. The Labute approximate surface area is 158 Å². The van der Waals surface area contributed by atoms with Crippen LogP contribution in [0.5, 0.6) is 0 Å². The van der Waals surface area contributed by atoms with Crippen molar-refractivity contribution in [1.29, 1.82) is 0 Å². The molecule has 1 aliphatic heterocycles. The van der Waals surface area contributed by atoms with Crippen LogP contribution in [0.3, 0.4) is 0 Å². The molecule has 26 heavy (non-hydrogen) atoms. The lowest BCUT2D eigenvalue weighted by atomic mass is 9.91. The van der Waals surface area contributed by atoms with Gasteiger partial charge < -0.3 is 14.8 Å². The summed E-state index contributed by atoms with van der Waals surface area (Å²) >= 11 is 4.15. The van der Waals surface area contributed by atoms with Crippen LogP contribution < -0.4 is 5.32 Å². The number of hydrogen-bond acceptors (Lipinski definition) is 4. The van der Waals surface area contributed by atoms with Crippen molar-refractivity contribution in [2.75, 3.05) is 20.0 Å². The van der Waals surface area contributed by atoms with Crippen LogP contribution in [-0.2, 0) is 20.7 Å². The summed E-state index contributed by atoms with van der Waals surface area (Å²) in [6.45, 7) is 2.63.